The Hall–Kier alpha value is -9.56. The quantitative estimate of drug-likeness (QED) is 0.0480. The Balaban J connectivity index is 0.954. The van der Waals surface area contributed by atoms with E-state index in [1.54, 1.807) is 68.1 Å². The standard InChI is InChI=1S/C72H67F9N6O10/c1-37-21-46-26-49(22-37)96-57-11-6-9-38(2)63(57)44-23-40(4)65(74)51(28-44)55(33-61(90)91)82-69(94)67(46)86-35-42(53(31-59(86)88)71(76,77)78)14-19-84(5)18-13-41-24-45-29-52(66(41)75)56(34-62(92)93)83-70(95)68(47-25-48(73)30-50(27-47)97-58-12-7-10-39(3)64(45)58)87-36-43(15-20-85-16-8-17-85)54(32-60(87)89)72(79,80)81/h6-7,9-12,21-32,35-36,55-56,62,67-68,92-93H,8,13-20,33-34H2,1-5H3,(H,82,94)(H,83,95)(H,90,91)/t55-,56-,67-,68-/m0/s1. The number of likely N-dealkylation sites (tertiary alicyclic amines) is 1. The van der Waals surface area contributed by atoms with Crippen molar-refractivity contribution >= 4 is 17.8 Å². The third kappa shape index (κ3) is 14.9. The summed E-state index contributed by atoms with van der Waals surface area (Å²) < 4.78 is 154. The number of carbonyl (C=O) groups is 3. The Morgan fingerprint density at radius 3 is 1.64 bits per heavy atom. The molecule has 0 aliphatic carbocycles. The molecular weight excluding hydrogens is 1280 g/mol. The van der Waals surface area contributed by atoms with E-state index in [0.29, 0.717) is 63.2 Å². The average molecular weight is 1350 g/mol. The summed E-state index contributed by atoms with van der Waals surface area (Å²) in [4.78, 5) is 74.5. The molecule has 4 atom stereocenters. The van der Waals surface area contributed by atoms with Crippen LogP contribution in [0, 0.1) is 45.1 Å². The lowest BCUT2D eigenvalue weighted by Gasteiger charge is -2.31. The van der Waals surface area contributed by atoms with Crippen LogP contribution in [0.25, 0.3) is 22.3 Å². The fourth-order valence-corrected chi connectivity index (χ4v) is 13.1. The van der Waals surface area contributed by atoms with E-state index < -0.39 is 125 Å². The maximum atomic E-state index is 17.8. The van der Waals surface area contributed by atoms with Gasteiger partial charge in [-0.2, -0.15) is 26.3 Å². The summed E-state index contributed by atoms with van der Waals surface area (Å²) >= 11 is 0. The number of amides is 2. The molecule has 16 nitrogen and oxygen atoms in total. The van der Waals surface area contributed by atoms with E-state index >= 15 is 35.9 Å². The van der Waals surface area contributed by atoms with Crippen molar-refractivity contribution in [3.63, 3.8) is 0 Å². The third-order valence-corrected chi connectivity index (χ3v) is 17.9. The Bertz CT molecular complexity index is 4550. The first-order chi connectivity index (χ1) is 45.9. The molecule has 5 heterocycles. The lowest BCUT2D eigenvalue weighted by Crippen LogP contribution is -2.41. The topological polar surface area (TPSA) is 205 Å². The molecule has 1 saturated heterocycles. The molecule has 0 spiro atoms. The zero-order valence-corrected chi connectivity index (χ0v) is 53.1. The van der Waals surface area contributed by atoms with E-state index in [0.717, 1.165) is 35.5 Å². The second-order valence-electron chi connectivity index (χ2n) is 25.0. The number of rotatable bonds is 15. The summed E-state index contributed by atoms with van der Waals surface area (Å²) in [6.07, 6.45) is -12.4. The van der Waals surface area contributed by atoms with E-state index in [9.17, 15) is 42.9 Å². The van der Waals surface area contributed by atoms with Crippen LogP contribution in [-0.4, -0.2) is 98.1 Å². The molecule has 3 aliphatic rings. The van der Waals surface area contributed by atoms with Gasteiger partial charge >= 0.3 is 18.3 Å². The first-order valence-electron chi connectivity index (χ1n) is 31.2. The summed E-state index contributed by atoms with van der Waals surface area (Å²) in [5, 5.41) is 36.6. The number of alkyl halides is 6. The molecule has 6 aromatic carbocycles. The van der Waals surface area contributed by atoms with Crippen LogP contribution in [0.5, 0.6) is 23.0 Å². The normalized spacial score (nSPS) is 17.3. The number of carboxylic acids is 1. The van der Waals surface area contributed by atoms with Crippen molar-refractivity contribution in [3.05, 3.63) is 232 Å². The third-order valence-electron chi connectivity index (χ3n) is 17.9. The van der Waals surface area contributed by atoms with Gasteiger partial charge in [0.1, 0.15) is 52.5 Å². The summed E-state index contributed by atoms with van der Waals surface area (Å²) in [5.74, 6) is -6.29. The highest BCUT2D eigenvalue weighted by Gasteiger charge is 2.40. The summed E-state index contributed by atoms with van der Waals surface area (Å²) in [6.45, 7) is 7.66. The van der Waals surface area contributed by atoms with Crippen LogP contribution in [-0.2, 0) is 46.0 Å². The number of ether oxygens (including phenoxy) is 2. The van der Waals surface area contributed by atoms with E-state index in [1.807, 2.05) is 4.90 Å². The number of benzene rings is 6. The molecule has 0 radical (unpaired) electrons. The summed E-state index contributed by atoms with van der Waals surface area (Å²) in [6, 6.07) is 16.9. The van der Waals surface area contributed by atoms with Gasteiger partial charge in [0.25, 0.3) is 11.1 Å². The van der Waals surface area contributed by atoms with Crippen molar-refractivity contribution in [1.29, 1.82) is 0 Å². The van der Waals surface area contributed by atoms with Crippen molar-refractivity contribution in [2.45, 2.75) is 109 Å². The van der Waals surface area contributed by atoms with Crippen LogP contribution >= 0.6 is 0 Å². The van der Waals surface area contributed by atoms with Crippen LogP contribution in [0.3, 0.4) is 0 Å². The number of carboxylic acid groups (broad SMARTS) is 1. The van der Waals surface area contributed by atoms with Crippen LogP contribution in [0.2, 0.25) is 0 Å². The molecule has 3 aliphatic heterocycles. The number of hydrogen-bond acceptors (Lipinski definition) is 11. The molecule has 2 aromatic heterocycles. The number of pyridine rings is 2. The molecule has 11 rings (SSSR count). The molecule has 25 heteroatoms. The molecular formula is C72H67F9N6O10. The van der Waals surface area contributed by atoms with Crippen LogP contribution in [0.15, 0.2) is 131 Å². The van der Waals surface area contributed by atoms with Gasteiger partial charge in [-0.3, -0.25) is 33.1 Å². The fourth-order valence-electron chi connectivity index (χ4n) is 13.1. The zero-order chi connectivity index (χ0) is 69.7. The van der Waals surface area contributed by atoms with Crippen molar-refractivity contribution in [3.8, 4) is 45.3 Å². The number of hydrogen-bond donors (Lipinski definition) is 5. The maximum absolute atomic E-state index is 17.8. The Morgan fingerprint density at radius 2 is 1.11 bits per heavy atom. The minimum atomic E-state index is -5.14. The average Bonchev–Trinajstić information content (AvgIpc) is 1.74. The van der Waals surface area contributed by atoms with Gasteiger partial charge in [-0.25, -0.2) is 13.2 Å². The minimum Gasteiger partial charge on any atom is -0.481 e. The number of nitrogens with one attached hydrogen (secondary N) is 2. The molecule has 5 N–H and O–H groups in total. The highest BCUT2D eigenvalue weighted by molar-refractivity contribution is 5.86. The lowest BCUT2D eigenvalue weighted by molar-refractivity contribution is -0.139. The molecule has 1 fully saturated rings. The number of likely N-dealkylation sites (N-methyl/N-ethyl adjacent to an activating group) is 1. The number of aliphatic hydroxyl groups is 2. The van der Waals surface area contributed by atoms with Gasteiger partial charge in [-0.05, 0) is 195 Å². The van der Waals surface area contributed by atoms with Crippen molar-refractivity contribution in [2.75, 3.05) is 39.8 Å². The number of aliphatic carboxylic acids is 1. The van der Waals surface area contributed by atoms with Crippen LogP contribution in [0.4, 0.5) is 39.5 Å². The van der Waals surface area contributed by atoms with Gasteiger partial charge in [0.15, 0.2) is 6.29 Å². The first kappa shape index (κ1) is 68.8. The van der Waals surface area contributed by atoms with Gasteiger partial charge < -0.3 is 45.2 Å². The molecule has 508 valence electrons. The number of aryl methyl sites for hydroxylation is 4. The van der Waals surface area contributed by atoms with E-state index in [4.69, 9.17) is 9.47 Å². The second-order valence-corrected chi connectivity index (χ2v) is 25.0. The highest BCUT2D eigenvalue weighted by atomic mass is 19.4. The Labute approximate surface area is 550 Å². The van der Waals surface area contributed by atoms with E-state index in [2.05, 4.69) is 10.6 Å². The van der Waals surface area contributed by atoms with Crippen LogP contribution < -0.4 is 31.2 Å². The molecule has 8 aromatic rings. The predicted octanol–water partition coefficient (Wildman–Crippen LogP) is 12.3. The number of nitrogens with zero attached hydrogens (tertiary/aromatic N) is 4. The van der Waals surface area contributed by atoms with Gasteiger partial charge in [-0.1, -0.05) is 30.3 Å². The maximum Gasteiger partial charge on any atom is 0.416 e. The monoisotopic (exact) mass is 1350 g/mol. The lowest BCUT2D eigenvalue weighted by atomic mass is 9.90. The van der Waals surface area contributed by atoms with E-state index in [1.165, 1.54) is 56.4 Å². The van der Waals surface area contributed by atoms with Crippen molar-refractivity contribution in [1.82, 2.24) is 29.6 Å². The van der Waals surface area contributed by atoms with E-state index in [-0.39, 0.29) is 100.0 Å². The highest BCUT2D eigenvalue weighted by Crippen LogP contribution is 2.44. The largest absolute Gasteiger partial charge is 0.481 e. The first-order valence-corrected chi connectivity index (χ1v) is 31.2. The SMILES string of the molecule is Cc1cc2cc(c1)[C@H](n1cc(CCN(C)CCc3cc4cc(c3F)[C@H](CC(O)O)NC(=O)[C@@H](n3cc(CCN5CCC5)c(C(F)(F)F)cc3=O)c3cc(F)cc(c3)Oc3cccc(C)c3-4)c(C(F)(F)F)cc1=O)C(=O)N[C@@H](CC(=O)O)c1cc(cc(C)c1F)-c1c(C)cccc1O2. The second kappa shape index (κ2) is 27.5. The predicted molar refractivity (Wildman–Crippen MR) is 340 cm³/mol. The Morgan fingerprint density at radius 1 is 0.608 bits per heavy atom. The summed E-state index contributed by atoms with van der Waals surface area (Å²) in [7, 11) is 1.52. The summed E-state index contributed by atoms with van der Waals surface area (Å²) in [5.41, 5.74) is -3.71. The number of fused-ring (bicyclic) bond motifs is 12. The van der Waals surface area contributed by atoms with Crippen LogP contribution in [0.1, 0.15) is 116 Å². The fraction of sp³-hybridized carbons (Fsp3) is 0.319. The molecule has 8 bridgehead atoms. The number of aliphatic hydroxyl groups excluding tert-OH is 1. The number of halogens is 9. The zero-order valence-electron chi connectivity index (χ0n) is 53.1. The number of aromatic nitrogens is 2. The van der Waals surface area contributed by atoms with Gasteiger partial charge in [0, 0.05) is 78.9 Å². The van der Waals surface area contributed by atoms with Crippen molar-refractivity contribution in [2.24, 2.45) is 0 Å². The Kier molecular flexibility index (Phi) is 19.5. The smallest absolute Gasteiger partial charge is 0.416 e. The van der Waals surface area contributed by atoms with Crippen molar-refractivity contribution < 1.29 is 78.7 Å². The molecule has 97 heavy (non-hydrogen) atoms. The number of carbonyl (C=O) groups excluding carboxylic acids is 2. The van der Waals surface area contributed by atoms with Gasteiger partial charge in [-0.15, -0.1) is 0 Å². The van der Waals surface area contributed by atoms with Gasteiger partial charge in [0.2, 0.25) is 11.8 Å². The molecule has 0 unspecified atom stereocenters. The molecule has 0 saturated carbocycles. The molecule has 2 amide bonds. The van der Waals surface area contributed by atoms with Gasteiger partial charge in [0.05, 0.1) is 29.6 Å². The minimum absolute atomic E-state index is 0.0265.